The minimum Gasteiger partial charge on any atom is -0.0655 e. The quantitative estimate of drug-likeness (QED) is 0.148. The van der Waals surface area contributed by atoms with Crippen molar-refractivity contribution in [1.82, 2.24) is 0 Å². The van der Waals surface area contributed by atoms with Crippen molar-refractivity contribution in [2.45, 2.75) is 131 Å². The van der Waals surface area contributed by atoms with Gasteiger partial charge in [0, 0.05) is 0 Å². The average molecular weight is 665 g/mol. The van der Waals surface area contributed by atoms with E-state index in [2.05, 4.69) is 153 Å². The highest BCUT2D eigenvalue weighted by atomic mass is 28.3. The van der Waals surface area contributed by atoms with E-state index < -0.39 is 8.07 Å². The molecule has 0 spiro atoms. The van der Waals surface area contributed by atoms with E-state index in [1.165, 1.54) is 71.9 Å². The molecule has 0 unspecified atom stereocenters. The Balaban J connectivity index is 1.56. The van der Waals surface area contributed by atoms with Crippen molar-refractivity contribution in [3.05, 3.63) is 129 Å². The van der Waals surface area contributed by atoms with E-state index in [4.69, 9.17) is 0 Å². The van der Waals surface area contributed by atoms with Gasteiger partial charge >= 0.3 is 0 Å². The molecule has 0 saturated carbocycles. The van der Waals surface area contributed by atoms with Crippen LogP contribution in [-0.2, 0) is 23.7 Å². The van der Waals surface area contributed by atoms with Crippen LogP contribution in [0.2, 0.25) is 13.1 Å². The van der Waals surface area contributed by atoms with Crippen molar-refractivity contribution in [3.63, 3.8) is 0 Å². The Hall–Kier alpha value is -3.42. The zero-order chi connectivity index (χ0) is 35.1. The van der Waals surface area contributed by atoms with Crippen LogP contribution < -0.4 is 0 Å². The normalized spacial score (nSPS) is 14.9. The summed E-state index contributed by atoms with van der Waals surface area (Å²) in [6.07, 6.45) is 9.62. The van der Waals surface area contributed by atoms with Gasteiger partial charge in [-0.3, -0.25) is 0 Å². The van der Waals surface area contributed by atoms with Crippen LogP contribution >= 0.6 is 0 Å². The minimum absolute atomic E-state index is 0.145. The van der Waals surface area contributed by atoms with Gasteiger partial charge in [0.15, 0.2) is 0 Å². The standard InChI is InChI=1S/C48H60Si/c1-11-13-17-37-31-35-19-15-21-41(33-23-27-39(28-24-33)47(3,4)5)43(35)45(37)49(9,10)46-38(18-14-12-2)32-36-20-16-22-42(44(36)46)34-25-29-40(30-26-34)48(6,7)8/h15-16,19-30H,11-14,17-18,31-32H2,1-10H3. The Bertz CT molecular complexity index is 1740. The third kappa shape index (κ3) is 6.85. The molecule has 0 aliphatic heterocycles. The van der Waals surface area contributed by atoms with Crippen molar-refractivity contribution in [3.8, 4) is 22.3 Å². The summed E-state index contributed by atoms with van der Waals surface area (Å²) in [5.41, 5.74) is 18.3. The summed E-state index contributed by atoms with van der Waals surface area (Å²) in [5, 5.41) is 3.47. The highest BCUT2D eigenvalue weighted by molar-refractivity contribution is 7.09. The van der Waals surface area contributed by atoms with E-state index in [1.807, 2.05) is 0 Å². The smallest absolute Gasteiger partial charge is 0.0655 e. The molecule has 0 nitrogen and oxygen atoms in total. The zero-order valence-corrected chi connectivity index (χ0v) is 33.2. The fourth-order valence-electron chi connectivity index (χ4n) is 8.70. The van der Waals surface area contributed by atoms with Gasteiger partial charge in [-0.25, -0.2) is 0 Å². The Labute approximate surface area is 299 Å². The Morgan fingerprint density at radius 2 is 0.878 bits per heavy atom. The largest absolute Gasteiger partial charge is 0.113 e. The molecular formula is C48H60Si. The van der Waals surface area contributed by atoms with Crippen LogP contribution in [0.4, 0.5) is 0 Å². The zero-order valence-electron chi connectivity index (χ0n) is 32.2. The lowest BCUT2D eigenvalue weighted by atomic mass is 9.86. The maximum absolute atomic E-state index is 2.71. The predicted molar refractivity (Wildman–Crippen MR) is 219 cm³/mol. The van der Waals surface area contributed by atoms with E-state index >= 15 is 0 Å². The molecule has 0 N–H and O–H groups in total. The van der Waals surface area contributed by atoms with Crippen LogP contribution in [0.25, 0.3) is 32.6 Å². The minimum atomic E-state index is -2.22. The van der Waals surface area contributed by atoms with Gasteiger partial charge in [-0.1, -0.05) is 177 Å². The van der Waals surface area contributed by atoms with Crippen molar-refractivity contribution in [1.29, 1.82) is 0 Å². The van der Waals surface area contributed by atoms with E-state index in [9.17, 15) is 0 Å². The molecule has 2 aliphatic rings. The molecular weight excluding hydrogens is 605 g/mol. The fourth-order valence-corrected chi connectivity index (χ4v) is 13.0. The summed E-state index contributed by atoms with van der Waals surface area (Å²) in [4.78, 5) is 0. The second-order valence-electron chi connectivity index (χ2n) is 17.5. The Kier molecular flexibility index (Phi) is 9.91. The van der Waals surface area contributed by atoms with Crippen molar-refractivity contribution in [2.75, 3.05) is 0 Å². The van der Waals surface area contributed by atoms with Crippen LogP contribution in [0, 0.1) is 0 Å². The van der Waals surface area contributed by atoms with Gasteiger partial charge in [-0.05, 0) is 115 Å². The van der Waals surface area contributed by atoms with Gasteiger partial charge in [0.1, 0.15) is 8.07 Å². The monoisotopic (exact) mass is 664 g/mol. The van der Waals surface area contributed by atoms with Gasteiger partial charge < -0.3 is 0 Å². The first-order valence-electron chi connectivity index (χ1n) is 19.2. The lowest BCUT2D eigenvalue weighted by Gasteiger charge is -2.33. The Morgan fingerprint density at radius 1 is 0.510 bits per heavy atom. The van der Waals surface area contributed by atoms with Crippen molar-refractivity contribution >= 4 is 18.5 Å². The third-order valence-electron chi connectivity index (χ3n) is 11.4. The van der Waals surface area contributed by atoms with Crippen LogP contribution in [0.5, 0.6) is 0 Å². The second kappa shape index (κ2) is 13.7. The highest BCUT2D eigenvalue weighted by Gasteiger charge is 2.43. The lowest BCUT2D eigenvalue weighted by Crippen LogP contribution is -2.32. The molecule has 0 heterocycles. The molecule has 1 heteroatoms. The maximum Gasteiger partial charge on any atom is 0.113 e. The fraction of sp³-hybridized carbons (Fsp3) is 0.417. The number of rotatable bonds is 10. The molecule has 256 valence electrons. The van der Waals surface area contributed by atoms with E-state index in [0.717, 1.165) is 12.8 Å². The summed E-state index contributed by atoms with van der Waals surface area (Å²) < 4.78 is 0. The summed E-state index contributed by atoms with van der Waals surface area (Å²) in [5.74, 6) is 0. The molecule has 0 bridgehead atoms. The molecule has 0 aromatic heterocycles. The molecule has 4 aromatic carbocycles. The van der Waals surface area contributed by atoms with Gasteiger partial charge in [0.2, 0.25) is 0 Å². The van der Waals surface area contributed by atoms with Crippen LogP contribution in [-0.4, -0.2) is 8.07 Å². The summed E-state index contributed by atoms with van der Waals surface area (Å²) >= 11 is 0. The van der Waals surface area contributed by atoms with E-state index in [0.29, 0.717) is 0 Å². The molecule has 49 heavy (non-hydrogen) atoms. The van der Waals surface area contributed by atoms with Gasteiger partial charge in [0.25, 0.3) is 0 Å². The molecule has 0 saturated heterocycles. The molecule has 0 amide bonds. The van der Waals surface area contributed by atoms with Gasteiger partial charge in [0.05, 0.1) is 0 Å². The van der Waals surface area contributed by atoms with E-state index in [-0.39, 0.29) is 10.8 Å². The topological polar surface area (TPSA) is 0 Å². The number of hydrogen-bond donors (Lipinski definition) is 0. The molecule has 0 atom stereocenters. The number of allylic oxidation sites excluding steroid dienone is 2. The lowest BCUT2D eigenvalue weighted by molar-refractivity contribution is 0.590. The number of unbranched alkanes of at least 4 members (excludes halogenated alkanes) is 2. The highest BCUT2D eigenvalue weighted by Crippen LogP contribution is 2.54. The SMILES string of the molecule is CCCCC1=C([Si](C)(C)C2=C(CCCC)Cc3cccc(-c4ccc(C(C)(C)C)cc4)c32)c2c(cccc2-c2ccc(C(C)(C)C)cc2)C1. The summed E-state index contributed by atoms with van der Waals surface area (Å²) in [6.45, 7) is 24.0. The molecule has 2 aliphatic carbocycles. The summed E-state index contributed by atoms with van der Waals surface area (Å²) in [7, 11) is -2.22. The first kappa shape index (κ1) is 35.4. The van der Waals surface area contributed by atoms with Crippen LogP contribution in [0.3, 0.4) is 0 Å². The third-order valence-corrected chi connectivity index (χ3v) is 15.1. The Morgan fingerprint density at radius 3 is 1.20 bits per heavy atom. The number of fused-ring (bicyclic) bond motifs is 2. The van der Waals surface area contributed by atoms with Gasteiger partial charge in [-0.2, -0.15) is 0 Å². The number of benzene rings is 4. The second-order valence-corrected chi connectivity index (χ2v) is 21.7. The molecule has 4 aromatic rings. The predicted octanol–water partition coefficient (Wildman–Crippen LogP) is 14.1. The van der Waals surface area contributed by atoms with E-state index in [1.54, 1.807) is 43.8 Å². The summed E-state index contributed by atoms with van der Waals surface area (Å²) in [6, 6.07) is 33.3. The van der Waals surface area contributed by atoms with Crippen LogP contribution in [0.15, 0.2) is 96.1 Å². The van der Waals surface area contributed by atoms with Crippen molar-refractivity contribution < 1.29 is 0 Å². The molecule has 0 fully saturated rings. The first-order chi connectivity index (χ1) is 23.3. The molecule has 6 rings (SSSR count). The van der Waals surface area contributed by atoms with Crippen LogP contribution in [0.1, 0.15) is 127 Å². The van der Waals surface area contributed by atoms with Gasteiger partial charge in [-0.15, -0.1) is 0 Å². The number of hydrogen-bond acceptors (Lipinski definition) is 0. The maximum atomic E-state index is 2.71. The molecule has 0 radical (unpaired) electrons. The van der Waals surface area contributed by atoms with Crippen molar-refractivity contribution in [2.24, 2.45) is 0 Å². The first-order valence-corrected chi connectivity index (χ1v) is 22.2. The average Bonchev–Trinajstić information content (AvgIpc) is 3.65.